The number of hydrogen-bond donors (Lipinski definition) is 0. The van der Waals surface area contributed by atoms with E-state index in [1.54, 1.807) is 18.3 Å². The molecule has 3 aliphatic heterocycles. The Balaban J connectivity index is 1.45. The van der Waals surface area contributed by atoms with E-state index in [0.29, 0.717) is 29.6 Å². The van der Waals surface area contributed by atoms with Crippen LogP contribution < -0.4 is 5.56 Å². The lowest BCUT2D eigenvalue weighted by Gasteiger charge is -2.57. The molecular weight excluding hydrogens is 364 g/mol. The molecule has 29 heavy (non-hydrogen) atoms. The number of carbonyl (C=O) groups is 1. The molecule has 0 spiro atoms. The summed E-state index contributed by atoms with van der Waals surface area (Å²) in [5, 5.41) is 0. The van der Waals surface area contributed by atoms with Gasteiger partial charge in [0.2, 0.25) is 0 Å². The second-order valence-electron chi connectivity index (χ2n) is 9.03. The topological polar surface area (TPSA) is 57.9 Å². The average Bonchev–Trinajstić information content (AvgIpc) is 2.76. The lowest BCUT2D eigenvalue weighted by Crippen LogP contribution is -2.64. The molecule has 0 saturated carbocycles. The van der Waals surface area contributed by atoms with Crippen molar-refractivity contribution < 1.29 is 4.79 Å². The molecule has 3 fully saturated rings. The van der Waals surface area contributed by atoms with Crippen LogP contribution in [0.5, 0.6) is 0 Å². The highest BCUT2D eigenvalue weighted by Crippen LogP contribution is 2.42. The first kappa shape index (κ1) is 18.8. The van der Waals surface area contributed by atoms with Gasteiger partial charge < -0.3 is 4.90 Å². The zero-order chi connectivity index (χ0) is 20.0. The minimum atomic E-state index is -0.263. The summed E-state index contributed by atoms with van der Waals surface area (Å²) in [6.45, 7) is 5.01. The van der Waals surface area contributed by atoms with E-state index in [4.69, 9.17) is 0 Å². The molecule has 3 saturated heterocycles. The van der Waals surface area contributed by atoms with Gasteiger partial charge >= 0.3 is 0 Å². The van der Waals surface area contributed by atoms with Crippen molar-refractivity contribution >= 4 is 11.6 Å². The smallest absolute Gasteiger partial charge is 0.270 e. The highest BCUT2D eigenvalue weighted by atomic mass is 16.2. The molecule has 6 heteroatoms. The Bertz CT molecular complexity index is 971. The van der Waals surface area contributed by atoms with Gasteiger partial charge in [0.25, 0.3) is 11.5 Å². The van der Waals surface area contributed by atoms with Crippen molar-refractivity contribution in [1.29, 1.82) is 0 Å². The Hall–Kier alpha value is -2.21. The molecule has 3 aliphatic rings. The third-order valence-electron chi connectivity index (χ3n) is 7.34. The van der Waals surface area contributed by atoms with Crippen LogP contribution in [0.25, 0.3) is 5.65 Å². The van der Waals surface area contributed by atoms with Gasteiger partial charge in [0.05, 0.1) is 0 Å². The maximum absolute atomic E-state index is 13.4. The van der Waals surface area contributed by atoms with Crippen molar-refractivity contribution in [3.05, 3.63) is 46.5 Å². The summed E-state index contributed by atoms with van der Waals surface area (Å²) in [6.07, 6.45) is 10.6. The van der Waals surface area contributed by atoms with Gasteiger partial charge in [0, 0.05) is 37.6 Å². The molecular formula is C23H30N4O2. The minimum Gasteiger partial charge on any atom is -0.338 e. The van der Waals surface area contributed by atoms with Crippen molar-refractivity contribution in [2.45, 2.75) is 57.5 Å². The first-order valence-electron chi connectivity index (χ1n) is 11.2. The van der Waals surface area contributed by atoms with Crippen LogP contribution in [-0.2, 0) is 0 Å². The van der Waals surface area contributed by atoms with Crippen LogP contribution in [0.4, 0.5) is 0 Å². The van der Waals surface area contributed by atoms with Crippen LogP contribution in [-0.4, -0.2) is 56.8 Å². The van der Waals surface area contributed by atoms with Gasteiger partial charge in [0.15, 0.2) is 0 Å². The maximum Gasteiger partial charge on any atom is 0.270 e. The summed E-state index contributed by atoms with van der Waals surface area (Å²) in [4.78, 5) is 35.4. The van der Waals surface area contributed by atoms with E-state index in [1.165, 1.54) is 55.7 Å². The second-order valence-corrected chi connectivity index (χ2v) is 9.03. The van der Waals surface area contributed by atoms with Crippen LogP contribution in [0.2, 0.25) is 0 Å². The van der Waals surface area contributed by atoms with Crippen molar-refractivity contribution in [1.82, 2.24) is 19.2 Å². The molecule has 0 N–H and O–H groups in total. The summed E-state index contributed by atoms with van der Waals surface area (Å²) in [7, 11) is 0. The van der Waals surface area contributed by atoms with Gasteiger partial charge in [0.1, 0.15) is 11.2 Å². The van der Waals surface area contributed by atoms with E-state index in [1.807, 2.05) is 11.0 Å². The Morgan fingerprint density at radius 1 is 1.21 bits per heavy atom. The summed E-state index contributed by atoms with van der Waals surface area (Å²) in [5.74, 6) is 0.903. The van der Waals surface area contributed by atoms with Gasteiger partial charge in [-0.1, -0.05) is 25.8 Å². The van der Waals surface area contributed by atoms with Gasteiger partial charge in [-0.15, -0.1) is 0 Å². The molecule has 5 rings (SSSR count). The molecule has 0 aromatic carbocycles. The summed E-state index contributed by atoms with van der Waals surface area (Å²) >= 11 is 0. The van der Waals surface area contributed by atoms with Crippen LogP contribution in [0.1, 0.15) is 55.8 Å². The molecule has 5 heterocycles. The number of amides is 1. The van der Waals surface area contributed by atoms with Crippen LogP contribution >= 0.6 is 0 Å². The summed E-state index contributed by atoms with van der Waals surface area (Å²) < 4.78 is 1.47. The quantitative estimate of drug-likeness (QED) is 0.803. The summed E-state index contributed by atoms with van der Waals surface area (Å²) in [6, 6.07) is 6.60. The lowest BCUT2D eigenvalue weighted by molar-refractivity contribution is -0.0671. The van der Waals surface area contributed by atoms with Crippen LogP contribution in [0.3, 0.4) is 0 Å². The lowest BCUT2D eigenvalue weighted by atomic mass is 9.71. The number of rotatable bonds is 3. The molecule has 154 valence electrons. The molecule has 2 aromatic rings. The standard InChI is InChI=1S/C23H30N4O2/c1-2-7-19-16-12-17(20-8-3-5-10-26(19)20)15-25(14-16)22(28)18-13-24-21-9-4-6-11-27(21)23(18)29/h4,6,9,11,13,16-17,19-20H,2-3,5,7-8,10,12,14-15H2,1H3/t16-,17+,19-,20-/m0/s1. The predicted molar refractivity (Wildman–Crippen MR) is 112 cm³/mol. The third kappa shape index (κ3) is 3.18. The van der Waals surface area contributed by atoms with Crippen LogP contribution in [0.15, 0.2) is 35.4 Å². The van der Waals surface area contributed by atoms with Gasteiger partial charge in [-0.2, -0.15) is 0 Å². The number of likely N-dealkylation sites (tertiary alicyclic amines) is 1. The zero-order valence-electron chi connectivity index (χ0n) is 17.2. The molecule has 0 unspecified atom stereocenters. The Morgan fingerprint density at radius 2 is 2.07 bits per heavy atom. The molecule has 6 nitrogen and oxygen atoms in total. The van der Waals surface area contributed by atoms with Crippen molar-refractivity contribution in [2.75, 3.05) is 19.6 Å². The normalized spacial score (nSPS) is 29.6. The van der Waals surface area contributed by atoms with Gasteiger partial charge in [-0.25, -0.2) is 4.98 Å². The first-order chi connectivity index (χ1) is 14.2. The molecule has 0 radical (unpaired) electrons. The van der Waals surface area contributed by atoms with Gasteiger partial charge in [-0.3, -0.25) is 18.9 Å². The zero-order valence-corrected chi connectivity index (χ0v) is 17.2. The van der Waals surface area contributed by atoms with E-state index in [2.05, 4.69) is 16.8 Å². The fraction of sp³-hybridized carbons (Fsp3) is 0.609. The first-order valence-corrected chi connectivity index (χ1v) is 11.2. The predicted octanol–water partition coefficient (Wildman–Crippen LogP) is 2.81. The molecule has 1 amide bonds. The van der Waals surface area contributed by atoms with Crippen LogP contribution in [0, 0.1) is 11.8 Å². The van der Waals surface area contributed by atoms with Crippen molar-refractivity contribution in [3.63, 3.8) is 0 Å². The Kier molecular flexibility index (Phi) is 4.90. The molecule has 2 aromatic heterocycles. The van der Waals surface area contributed by atoms with Crippen molar-refractivity contribution in [3.8, 4) is 0 Å². The number of pyridine rings is 1. The average molecular weight is 395 g/mol. The largest absolute Gasteiger partial charge is 0.338 e. The number of hydrogen-bond acceptors (Lipinski definition) is 4. The minimum absolute atomic E-state index is 0.144. The van der Waals surface area contributed by atoms with E-state index in [-0.39, 0.29) is 17.0 Å². The number of aromatic nitrogens is 2. The SMILES string of the molecule is CCC[C@H]1[C@H]2C[C@H](CN(C(=O)c3cnc4ccccn4c3=O)C2)[C@@H]2CCCCN21. The van der Waals surface area contributed by atoms with E-state index < -0.39 is 0 Å². The number of piperidine rings is 3. The Morgan fingerprint density at radius 3 is 2.93 bits per heavy atom. The van der Waals surface area contributed by atoms with Crippen molar-refractivity contribution in [2.24, 2.45) is 11.8 Å². The fourth-order valence-electron chi connectivity index (χ4n) is 6.11. The van der Waals surface area contributed by atoms with E-state index in [0.717, 1.165) is 13.1 Å². The Labute approximate surface area is 171 Å². The van der Waals surface area contributed by atoms with Gasteiger partial charge in [-0.05, 0) is 56.2 Å². The highest BCUT2D eigenvalue weighted by molar-refractivity contribution is 5.93. The number of fused-ring (bicyclic) bond motifs is 5. The molecule has 4 atom stereocenters. The molecule has 0 aliphatic carbocycles. The molecule has 2 bridgehead atoms. The third-order valence-corrected chi connectivity index (χ3v) is 7.34. The maximum atomic E-state index is 13.4. The van der Waals surface area contributed by atoms with E-state index >= 15 is 0 Å². The number of nitrogens with zero attached hydrogens (tertiary/aromatic N) is 4. The fourth-order valence-corrected chi connectivity index (χ4v) is 6.11. The number of carbonyl (C=O) groups excluding carboxylic acids is 1. The second kappa shape index (κ2) is 7.56. The van der Waals surface area contributed by atoms with E-state index in [9.17, 15) is 9.59 Å². The highest BCUT2D eigenvalue weighted by Gasteiger charge is 2.47. The summed E-state index contributed by atoms with van der Waals surface area (Å²) in [5.41, 5.74) is 0.507. The monoisotopic (exact) mass is 394 g/mol.